The highest BCUT2D eigenvalue weighted by Gasteiger charge is 2.16. The summed E-state index contributed by atoms with van der Waals surface area (Å²) in [5.41, 5.74) is 3.03. The van der Waals surface area contributed by atoms with Crippen LogP contribution in [0.25, 0.3) is 0 Å². The Kier molecular flexibility index (Phi) is 6.46. The number of anilines is 1. The number of amides is 1. The molecule has 174 valence electrons. The van der Waals surface area contributed by atoms with Gasteiger partial charge >= 0.3 is 0 Å². The Hall–Kier alpha value is -3.99. The zero-order valence-corrected chi connectivity index (χ0v) is 20.2. The number of rotatable bonds is 7. The summed E-state index contributed by atoms with van der Waals surface area (Å²) in [6.07, 6.45) is 1.67. The van der Waals surface area contributed by atoms with Crippen LogP contribution in [0.1, 0.15) is 27.4 Å². The van der Waals surface area contributed by atoms with Crippen LogP contribution in [-0.4, -0.2) is 30.4 Å². The molecule has 0 fully saturated rings. The van der Waals surface area contributed by atoms with Crippen LogP contribution < -0.4 is 10.1 Å². The first kappa shape index (κ1) is 23.2. The summed E-state index contributed by atoms with van der Waals surface area (Å²) < 4.78 is 10.0. The van der Waals surface area contributed by atoms with E-state index in [1.807, 2.05) is 32.9 Å². The van der Waals surface area contributed by atoms with Gasteiger partial charge in [0.2, 0.25) is 0 Å². The predicted molar refractivity (Wildman–Crippen MR) is 129 cm³/mol. The van der Waals surface area contributed by atoms with Crippen molar-refractivity contribution in [3.05, 3.63) is 92.0 Å². The fourth-order valence-electron chi connectivity index (χ4n) is 3.27. The number of aromatic nitrogens is 4. The lowest BCUT2D eigenvalue weighted by Crippen LogP contribution is -2.16. The SMILES string of the molecule is Cc1ccc(Oc2cc(NC(=O)c3ccn(Cn4nc(C)c(Br)c4C)n3)cc([N+](=O)[O-])c2)cc1. The molecule has 1 amide bonds. The average Bonchev–Trinajstić information content (AvgIpc) is 3.36. The van der Waals surface area contributed by atoms with Crippen LogP contribution in [0.2, 0.25) is 0 Å². The van der Waals surface area contributed by atoms with Crippen molar-refractivity contribution >= 4 is 33.2 Å². The summed E-state index contributed by atoms with van der Waals surface area (Å²) in [6.45, 7) is 6.10. The van der Waals surface area contributed by atoms with Crippen LogP contribution >= 0.6 is 15.9 Å². The Morgan fingerprint density at radius 3 is 2.47 bits per heavy atom. The fraction of sp³-hybridized carbons (Fsp3) is 0.174. The largest absolute Gasteiger partial charge is 0.457 e. The van der Waals surface area contributed by atoms with Gasteiger partial charge in [0.25, 0.3) is 11.6 Å². The molecular weight excluding hydrogens is 504 g/mol. The first-order chi connectivity index (χ1) is 16.2. The molecular formula is C23H21BrN6O4. The quantitative estimate of drug-likeness (QED) is 0.261. The number of non-ortho nitro benzene ring substituents is 1. The highest BCUT2D eigenvalue weighted by Crippen LogP contribution is 2.30. The van der Waals surface area contributed by atoms with Crippen molar-refractivity contribution in [2.24, 2.45) is 0 Å². The Balaban J connectivity index is 1.52. The van der Waals surface area contributed by atoms with Gasteiger partial charge in [0.15, 0.2) is 5.69 Å². The zero-order valence-electron chi connectivity index (χ0n) is 18.7. The molecule has 0 unspecified atom stereocenters. The predicted octanol–water partition coefficient (Wildman–Crippen LogP) is 5.23. The number of nitrogens with zero attached hydrogens (tertiary/aromatic N) is 5. The molecule has 34 heavy (non-hydrogen) atoms. The van der Waals surface area contributed by atoms with E-state index in [9.17, 15) is 14.9 Å². The van der Waals surface area contributed by atoms with Crippen molar-refractivity contribution in [3.8, 4) is 11.5 Å². The molecule has 0 bridgehead atoms. The van der Waals surface area contributed by atoms with Crippen molar-refractivity contribution in [3.63, 3.8) is 0 Å². The Morgan fingerprint density at radius 2 is 1.82 bits per heavy atom. The Labute approximate surface area is 203 Å². The van der Waals surface area contributed by atoms with Crippen LogP contribution in [-0.2, 0) is 6.67 Å². The monoisotopic (exact) mass is 524 g/mol. The van der Waals surface area contributed by atoms with Crippen molar-refractivity contribution in [2.45, 2.75) is 27.4 Å². The van der Waals surface area contributed by atoms with Gasteiger partial charge in [-0.1, -0.05) is 17.7 Å². The molecule has 10 nitrogen and oxygen atoms in total. The first-order valence-corrected chi connectivity index (χ1v) is 11.1. The highest BCUT2D eigenvalue weighted by molar-refractivity contribution is 9.10. The van der Waals surface area contributed by atoms with Crippen LogP contribution in [0.5, 0.6) is 11.5 Å². The maximum Gasteiger partial charge on any atom is 0.276 e. The number of hydrogen-bond donors (Lipinski definition) is 1. The molecule has 0 aliphatic carbocycles. The summed E-state index contributed by atoms with van der Waals surface area (Å²) in [5.74, 6) is 0.252. The lowest BCUT2D eigenvalue weighted by molar-refractivity contribution is -0.384. The zero-order chi connectivity index (χ0) is 24.4. The maximum absolute atomic E-state index is 12.8. The van der Waals surface area contributed by atoms with Crippen LogP contribution in [0.4, 0.5) is 11.4 Å². The smallest absolute Gasteiger partial charge is 0.276 e. The third-order valence-corrected chi connectivity index (χ3v) is 6.21. The van der Waals surface area contributed by atoms with E-state index in [0.29, 0.717) is 12.4 Å². The van der Waals surface area contributed by atoms with Gasteiger partial charge in [0.1, 0.15) is 18.2 Å². The minimum atomic E-state index is -0.543. The van der Waals surface area contributed by atoms with Gasteiger partial charge in [-0.2, -0.15) is 10.2 Å². The summed E-state index contributed by atoms with van der Waals surface area (Å²) >= 11 is 3.49. The lowest BCUT2D eigenvalue weighted by atomic mass is 10.2. The molecule has 0 saturated heterocycles. The standard InChI is InChI=1S/C23H21BrN6O4/c1-14-4-6-19(7-5-14)34-20-11-17(10-18(12-20)30(32)33)25-23(31)21-8-9-28(27-21)13-29-16(3)22(24)15(2)26-29/h4-12H,13H2,1-3H3,(H,25,31). The van der Waals surface area contributed by atoms with Gasteiger partial charge < -0.3 is 10.1 Å². The maximum atomic E-state index is 12.8. The van der Waals surface area contributed by atoms with E-state index in [4.69, 9.17) is 4.74 Å². The second kappa shape index (κ2) is 9.48. The Morgan fingerprint density at radius 1 is 1.09 bits per heavy atom. The van der Waals surface area contributed by atoms with Crippen molar-refractivity contribution in [1.29, 1.82) is 0 Å². The summed E-state index contributed by atoms with van der Waals surface area (Å²) in [4.78, 5) is 23.6. The van der Waals surface area contributed by atoms with Crippen molar-refractivity contribution in [1.82, 2.24) is 19.6 Å². The van der Waals surface area contributed by atoms with Gasteiger partial charge in [-0.25, -0.2) is 4.68 Å². The van der Waals surface area contributed by atoms with Gasteiger partial charge in [-0.15, -0.1) is 0 Å². The molecule has 4 aromatic rings. The summed E-state index contributed by atoms with van der Waals surface area (Å²) in [7, 11) is 0. The van der Waals surface area contributed by atoms with Gasteiger partial charge in [0.05, 0.1) is 32.5 Å². The van der Waals surface area contributed by atoms with E-state index >= 15 is 0 Å². The van der Waals surface area contributed by atoms with E-state index < -0.39 is 10.8 Å². The van der Waals surface area contributed by atoms with E-state index in [1.54, 1.807) is 33.8 Å². The number of aryl methyl sites for hydroxylation is 2. The number of nitro benzene ring substituents is 1. The van der Waals surface area contributed by atoms with Crippen LogP contribution in [0.15, 0.2) is 59.2 Å². The topological polar surface area (TPSA) is 117 Å². The van der Waals surface area contributed by atoms with Gasteiger partial charge in [-0.3, -0.25) is 19.6 Å². The Bertz CT molecular complexity index is 1380. The molecule has 2 aromatic heterocycles. The van der Waals surface area contributed by atoms with Crippen LogP contribution in [0.3, 0.4) is 0 Å². The number of hydrogen-bond acceptors (Lipinski definition) is 6. The minimum absolute atomic E-state index is 0.160. The molecule has 1 N–H and O–H groups in total. The number of carbonyl (C=O) groups is 1. The number of nitro groups is 1. The second-order valence-corrected chi connectivity index (χ2v) is 8.50. The summed E-state index contributed by atoms with van der Waals surface area (Å²) in [6, 6.07) is 12.9. The lowest BCUT2D eigenvalue weighted by Gasteiger charge is -2.09. The molecule has 2 heterocycles. The van der Waals surface area contributed by atoms with E-state index in [2.05, 4.69) is 31.4 Å². The molecule has 11 heteroatoms. The molecule has 0 atom stereocenters. The normalized spacial score (nSPS) is 10.8. The van der Waals surface area contributed by atoms with E-state index in [0.717, 1.165) is 21.4 Å². The molecule has 0 aliphatic rings. The second-order valence-electron chi connectivity index (χ2n) is 7.71. The van der Waals surface area contributed by atoms with Crippen molar-refractivity contribution in [2.75, 3.05) is 5.32 Å². The molecule has 0 spiro atoms. The molecule has 4 rings (SSSR count). The molecule has 0 saturated carbocycles. The fourth-order valence-corrected chi connectivity index (χ4v) is 3.55. The average molecular weight is 525 g/mol. The number of benzene rings is 2. The van der Waals surface area contributed by atoms with Crippen molar-refractivity contribution < 1.29 is 14.5 Å². The van der Waals surface area contributed by atoms with Gasteiger partial charge in [-0.05, 0) is 54.9 Å². The molecule has 0 aliphatic heterocycles. The summed E-state index contributed by atoms with van der Waals surface area (Å²) in [5, 5.41) is 22.8. The van der Waals surface area contributed by atoms with Gasteiger partial charge in [0, 0.05) is 18.3 Å². The number of nitrogens with one attached hydrogen (secondary N) is 1. The minimum Gasteiger partial charge on any atom is -0.457 e. The molecule has 2 aromatic carbocycles. The third-order valence-electron chi connectivity index (χ3n) is 5.06. The number of ether oxygens (including phenoxy) is 1. The number of carbonyl (C=O) groups excluding carboxylic acids is 1. The third kappa shape index (κ3) is 5.15. The molecule has 0 radical (unpaired) electrons. The van der Waals surface area contributed by atoms with E-state index in [1.165, 1.54) is 18.2 Å². The highest BCUT2D eigenvalue weighted by atomic mass is 79.9. The first-order valence-electron chi connectivity index (χ1n) is 10.3. The number of halogens is 1. The van der Waals surface area contributed by atoms with Crippen LogP contribution in [0, 0.1) is 30.9 Å². The van der Waals surface area contributed by atoms with E-state index in [-0.39, 0.29) is 22.8 Å².